The van der Waals surface area contributed by atoms with Crippen LogP contribution in [-0.4, -0.2) is 31.6 Å². The molecule has 0 spiro atoms. The molecule has 3 rings (SSSR count). The highest BCUT2D eigenvalue weighted by molar-refractivity contribution is 7.94. The highest BCUT2D eigenvalue weighted by atomic mass is 35.5. The first-order valence-electron chi connectivity index (χ1n) is 7.97. The summed E-state index contributed by atoms with van der Waals surface area (Å²) in [5.41, 5.74) is 1.27. The molecule has 1 aromatic heterocycles. The van der Waals surface area contributed by atoms with Gasteiger partial charge in [0.05, 0.1) is 23.4 Å². The zero-order valence-electron chi connectivity index (χ0n) is 15.1. The van der Waals surface area contributed by atoms with E-state index in [4.69, 9.17) is 27.9 Å². The zero-order valence-corrected chi connectivity index (χ0v) is 18.2. The van der Waals surface area contributed by atoms with Gasteiger partial charge in [-0.3, -0.25) is 14.8 Å². The Morgan fingerprint density at radius 3 is 2.59 bits per heavy atom. The normalized spacial score (nSPS) is 11.2. The Morgan fingerprint density at radius 2 is 1.90 bits per heavy atom. The van der Waals surface area contributed by atoms with Crippen LogP contribution in [0.15, 0.2) is 40.7 Å². The van der Waals surface area contributed by atoms with Crippen molar-refractivity contribution >= 4 is 61.3 Å². The van der Waals surface area contributed by atoms with Crippen LogP contribution in [0.1, 0.15) is 15.9 Å². The fraction of sp³-hybridized carbons (Fsp3) is 0.118. The fourth-order valence-corrected chi connectivity index (χ4v) is 4.75. The number of ether oxygens (including phenoxy) is 1. The van der Waals surface area contributed by atoms with E-state index in [0.29, 0.717) is 22.1 Å². The number of benzene rings is 2. The molecule has 0 saturated heterocycles. The summed E-state index contributed by atoms with van der Waals surface area (Å²) >= 11 is 12.5. The number of nitrogens with zero attached hydrogens (tertiary/aromatic N) is 2. The molecule has 0 aliphatic heterocycles. The van der Waals surface area contributed by atoms with E-state index in [-0.39, 0.29) is 25.7 Å². The second-order valence-electron chi connectivity index (χ2n) is 5.76. The molecule has 0 atom stereocenters. The molecule has 12 heteroatoms. The number of aromatic nitrogens is 2. The van der Waals surface area contributed by atoms with E-state index < -0.39 is 15.9 Å². The molecule has 8 nitrogen and oxygen atoms in total. The van der Waals surface area contributed by atoms with Crippen LogP contribution in [0.25, 0.3) is 0 Å². The fourth-order valence-electron chi connectivity index (χ4n) is 2.30. The summed E-state index contributed by atoms with van der Waals surface area (Å²) < 4.78 is 32.5. The molecule has 0 bridgehead atoms. The number of aryl methyl sites for hydroxylation is 1. The first kappa shape index (κ1) is 21.3. The number of methoxy groups -OCH3 is 1. The number of sulfonamides is 1. The maximum atomic E-state index is 12.6. The Hall–Kier alpha value is -2.40. The summed E-state index contributed by atoms with van der Waals surface area (Å²) in [6.07, 6.45) is 0. The van der Waals surface area contributed by atoms with Crippen LogP contribution in [0.4, 0.5) is 10.8 Å². The lowest BCUT2D eigenvalue weighted by Crippen LogP contribution is -2.13. The summed E-state index contributed by atoms with van der Waals surface area (Å²) in [5.74, 6) is -0.213. The lowest BCUT2D eigenvalue weighted by atomic mass is 10.2. The number of rotatable bonds is 6. The number of nitrogens with one attached hydrogen (secondary N) is 2. The van der Waals surface area contributed by atoms with Gasteiger partial charge >= 0.3 is 0 Å². The largest absolute Gasteiger partial charge is 0.495 e. The van der Waals surface area contributed by atoms with Crippen LogP contribution in [0.3, 0.4) is 0 Å². The van der Waals surface area contributed by atoms with Gasteiger partial charge in [-0.25, -0.2) is 0 Å². The van der Waals surface area contributed by atoms with E-state index in [2.05, 4.69) is 20.2 Å². The van der Waals surface area contributed by atoms with E-state index in [1.54, 1.807) is 18.2 Å². The summed E-state index contributed by atoms with van der Waals surface area (Å²) in [6, 6.07) is 9.45. The summed E-state index contributed by atoms with van der Waals surface area (Å²) in [7, 11) is -2.60. The van der Waals surface area contributed by atoms with Crippen LogP contribution in [0.5, 0.6) is 5.75 Å². The molecule has 152 valence electrons. The number of carbonyl (C=O) groups excluding carboxylic acids is 1. The van der Waals surface area contributed by atoms with E-state index in [9.17, 15) is 13.2 Å². The molecule has 0 radical (unpaired) electrons. The average molecular weight is 473 g/mol. The van der Waals surface area contributed by atoms with Crippen LogP contribution in [-0.2, 0) is 10.0 Å². The predicted octanol–water partition coefficient (Wildman–Crippen LogP) is 4.22. The van der Waals surface area contributed by atoms with Crippen molar-refractivity contribution in [2.75, 3.05) is 17.1 Å². The zero-order chi connectivity index (χ0) is 21.2. The number of anilines is 2. The highest BCUT2D eigenvalue weighted by Crippen LogP contribution is 2.30. The predicted molar refractivity (Wildman–Crippen MR) is 113 cm³/mol. The van der Waals surface area contributed by atoms with Crippen LogP contribution >= 0.6 is 34.5 Å². The summed E-state index contributed by atoms with van der Waals surface area (Å²) in [4.78, 5) is 12.3. The van der Waals surface area contributed by atoms with Crippen molar-refractivity contribution in [1.82, 2.24) is 10.2 Å². The van der Waals surface area contributed by atoms with Crippen molar-refractivity contribution in [3.63, 3.8) is 0 Å². The lowest BCUT2D eigenvalue weighted by Gasteiger charge is -2.10. The molecule has 0 saturated carbocycles. The first-order chi connectivity index (χ1) is 13.7. The first-order valence-corrected chi connectivity index (χ1v) is 11.0. The van der Waals surface area contributed by atoms with Crippen LogP contribution < -0.4 is 14.8 Å². The van der Waals surface area contributed by atoms with E-state index in [0.717, 1.165) is 5.56 Å². The monoisotopic (exact) mass is 472 g/mol. The molecule has 2 N–H and O–H groups in total. The van der Waals surface area contributed by atoms with Gasteiger partial charge in [-0.2, -0.15) is 8.42 Å². The Balaban J connectivity index is 1.80. The Labute approximate surface area is 180 Å². The minimum atomic E-state index is -4.04. The maximum absolute atomic E-state index is 12.6. The number of halogens is 2. The van der Waals surface area contributed by atoms with Gasteiger partial charge in [-0.15, -0.1) is 10.2 Å². The molecule has 1 heterocycles. The summed E-state index contributed by atoms with van der Waals surface area (Å²) in [5, 5.41) is 10.4. The average Bonchev–Trinajstić information content (AvgIpc) is 3.11. The second-order valence-corrected chi connectivity index (χ2v) is 9.44. The third kappa shape index (κ3) is 4.96. The number of amides is 1. The minimum Gasteiger partial charge on any atom is -0.495 e. The topological polar surface area (TPSA) is 110 Å². The number of carbonyl (C=O) groups is 1. The molecule has 1 amide bonds. The molecular formula is C17H14Cl2N4O4S2. The van der Waals surface area contributed by atoms with Gasteiger partial charge in [0, 0.05) is 5.02 Å². The third-order valence-electron chi connectivity index (χ3n) is 3.63. The minimum absolute atomic E-state index is 0.00222. The Bertz CT molecular complexity index is 1180. The Morgan fingerprint density at radius 1 is 1.14 bits per heavy atom. The van der Waals surface area contributed by atoms with E-state index in [1.165, 1.54) is 25.3 Å². The second kappa shape index (κ2) is 8.54. The van der Waals surface area contributed by atoms with Crippen molar-refractivity contribution in [3.05, 3.63) is 57.6 Å². The van der Waals surface area contributed by atoms with Crippen molar-refractivity contribution in [1.29, 1.82) is 0 Å². The van der Waals surface area contributed by atoms with Crippen molar-refractivity contribution in [2.45, 2.75) is 11.3 Å². The van der Waals surface area contributed by atoms with Crippen LogP contribution in [0.2, 0.25) is 10.0 Å². The molecule has 2 aromatic carbocycles. The standard InChI is InChI=1S/C17H14Cl2N4O4S2/c1-9-3-6-14(27-2)13(7-9)23-29(25,26)17-22-21-16(28-17)20-15(24)11-5-4-10(18)8-12(11)19/h3-8,23H,1-2H3,(H,20,21,24). The van der Waals surface area contributed by atoms with Gasteiger partial charge in [-0.1, -0.05) is 40.6 Å². The molecular weight excluding hydrogens is 459 g/mol. The van der Waals surface area contributed by atoms with E-state index in [1.807, 2.05) is 6.92 Å². The van der Waals surface area contributed by atoms with Gasteiger partial charge in [-0.05, 0) is 42.8 Å². The molecule has 29 heavy (non-hydrogen) atoms. The third-order valence-corrected chi connectivity index (χ3v) is 6.75. The lowest BCUT2D eigenvalue weighted by molar-refractivity contribution is 0.102. The number of hydrogen-bond donors (Lipinski definition) is 2. The van der Waals surface area contributed by atoms with Crippen molar-refractivity contribution in [3.8, 4) is 5.75 Å². The molecule has 0 aliphatic carbocycles. The van der Waals surface area contributed by atoms with E-state index >= 15 is 0 Å². The van der Waals surface area contributed by atoms with Gasteiger partial charge in [0.2, 0.25) is 5.13 Å². The highest BCUT2D eigenvalue weighted by Gasteiger charge is 2.23. The van der Waals surface area contributed by atoms with Crippen molar-refractivity contribution in [2.24, 2.45) is 0 Å². The SMILES string of the molecule is COc1ccc(C)cc1NS(=O)(=O)c1nnc(NC(=O)c2ccc(Cl)cc2Cl)s1. The number of hydrogen-bond acceptors (Lipinski definition) is 7. The Kier molecular flexibility index (Phi) is 6.27. The molecule has 0 fully saturated rings. The molecule has 0 aliphatic rings. The maximum Gasteiger partial charge on any atom is 0.291 e. The van der Waals surface area contributed by atoms with Gasteiger partial charge < -0.3 is 4.74 Å². The van der Waals surface area contributed by atoms with Gasteiger partial charge in [0.1, 0.15) is 5.75 Å². The van der Waals surface area contributed by atoms with Crippen LogP contribution in [0, 0.1) is 6.92 Å². The summed E-state index contributed by atoms with van der Waals surface area (Å²) in [6.45, 7) is 1.82. The van der Waals surface area contributed by atoms with Gasteiger partial charge in [0.25, 0.3) is 20.3 Å². The van der Waals surface area contributed by atoms with Crippen molar-refractivity contribution < 1.29 is 17.9 Å². The molecule has 0 unspecified atom stereocenters. The quantitative estimate of drug-likeness (QED) is 0.519. The van der Waals surface area contributed by atoms with Gasteiger partial charge in [0.15, 0.2) is 0 Å². The smallest absolute Gasteiger partial charge is 0.291 e. The molecule has 3 aromatic rings.